The minimum absolute atomic E-state index is 0.0168. The summed E-state index contributed by atoms with van der Waals surface area (Å²) in [5.74, 6) is -0.567. The van der Waals surface area contributed by atoms with E-state index >= 15 is 0 Å². The van der Waals surface area contributed by atoms with Crippen LogP contribution in [-0.2, 0) is 27.9 Å². The van der Waals surface area contributed by atoms with Crippen molar-refractivity contribution in [3.8, 4) is 0 Å². The van der Waals surface area contributed by atoms with Crippen LogP contribution in [0.3, 0.4) is 0 Å². The lowest BCUT2D eigenvalue weighted by Gasteiger charge is -2.28. The fourth-order valence-electron chi connectivity index (χ4n) is 3.71. The molecular formula is C28H56NO7P. The summed E-state index contributed by atoms with van der Waals surface area (Å²) in [6.45, 7) is 4.75. The molecule has 0 rings (SSSR count). The highest BCUT2D eigenvalue weighted by molar-refractivity contribution is 7.45. The minimum atomic E-state index is -4.49. The Morgan fingerprint density at radius 1 is 0.811 bits per heavy atom. The average molecular weight is 550 g/mol. The van der Waals surface area contributed by atoms with Crippen LogP contribution in [0, 0.1) is 0 Å². The molecule has 0 aromatic carbocycles. The Morgan fingerprint density at radius 2 is 1.32 bits per heavy atom. The number of carbonyl (C=O) groups is 1. The lowest BCUT2D eigenvalue weighted by Crippen LogP contribution is -2.37. The maximum Gasteiger partial charge on any atom is 0.330 e. The van der Waals surface area contributed by atoms with E-state index in [-0.39, 0.29) is 19.8 Å². The Balaban J connectivity index is 3.98. The van der Waals surface area contributed by atoms with Gasteiger partial charge >= 0.3 is 5.97 Å². The zero-order valence-corrected chi connectivity index (χ0v) is 25.3. The van der Waals surface area contributed by atoms with E-state index in [9.17, 15) is 14.3 Å². The number of esters is 1. The third-order valence-electron chi connectivity index (χ3n) is 5.96. The maximum absolute atomic E-state index is 12.0. The van der Waals surface area contributed by atoms with Crippen molar-refractivity contribution in [1.29, 1.82) is 0 Å². The molecule has 37 heavy (non-hydrogen) atoms. The number of hydrogen-bond donors (Lipinski definition) is 0. The van der Waals surface area contributed by atoms with E-state index in [1.807, 2.05) is 21.1 Å². The number of phosphoric acid groups is 1. The smallest absolute Gasteiger partial charge is 0.330 e. The number of carbonyl (C=O) groups excluding carboxylic acids is 1. The van der Waals surface area contributed by atoms with Crippen molar-refractivity contribution in [2.45, 2.75) is 110 Å². The first-order chi connectivity index (χ1) is 17.6. The number of quaternary nitrogens is 1. The lowest BCUT2D eigenvalue weighted by molar-refractivity contribution is -0.870. The number of rotatable bonds is 26. The summed E-state index contributed by atoms with van der Waals surface area (Å²) in [6.07, 6.45) is 20.0. The van der Waals surface area contributed by atoms with E-state index in [1.54, 1.807) is 13.0 Å². The normalized spacial score (nSPS) is 14.6. The molecule has 0 aliphatic rings. The molecule has 0 N–H and O–H groups in total. The van der Waals surface area contributed by atoms with Crippen LogP contribution in [0.15, 0.2) is 12.2 Å². The van der Waals surface area contributed by atoms with Gasteiger partial charge in [0.2, 0.25) is 0 Å². The molecule has 0 heterocycles. The van der Waals surface area contributed by atoms with E-state index in [1.165, 1.54) is 83.1 Å². The Kier molecular flexibility index (Phi) is 22.7. The number of phosphoric ester groups is 1. The zero-order chi connectivity index (χ0) is 27.8. The molecule has 0 aliphatic heterocycles. The van der Waals surface area contributed by atoms with Gasteiger partial charge in [0, 0.05) is 12.7 Å². The molecule has 0 saturated carbocycles. The van der Waals surface area contributed by atoms with Crippen LogP contribution in [-0.4, -0.2) is 70.7 Å². The summed E-state index contributed by atoms with van der Waals surface area (Å²) in [5.41, 5.74) is 0. The molecule has 9 heteroatoms. The quantitative estimate of drug-likeness (QED) is 0.0418. The molecule has 220 valence electrons. The van der Waals surface area contributed by atoms with Gasteiger partial charge in [-0.1, -0.05) is 96.5 Å². The number of ether oxygens (including phenoxy) is 2. The highest BCUT2D eigenvalue weighted by Crippen LogP contribution is 2.38. The topological polar surface area (TPSA) is 94.1 Å². The molecule has 0 radical (unpaired) electrons. The number of allylic oxidation sites excluding steroid dienone is 1. The largest absolute Gasteiger partial charge is 0.756 e. The van der Waals surface area contributed by atoms with Crippen molar-refractivity contribution in [1.82, 2.24) is 0 Å². The predicted molar refractivity (Wildman–Crippen MR) is 148 cm³/mol. The summed E-state index contributed by atoms with van der Waals surface area (Å²) in [6, 6.07) is 0. The second kappa shape index (κ2) is 23.2. The summed E-state index contributed by atoms with van der Waals surface area (Å²) in [5, 5.41) is 0. The summed E-state index contributed by atoms with van der Waals surface area (Å²) in [7, 11) is 1.32. The molecule has 0 saturated heterocycles. The van der Waals surface area contributed by atoms with Crippen molar-refractivity contribution in [3.05, 3.63) is 12.2 Å². The maximum atomic E-state index is 12.0. The fraction of sp³-hybridized carbons (Fsp3) is 0.893. The minimum Gasteiger partial charge on any atom is -0.756 e. The molecule has 0 bridgehead atoms. The number of likely N-dealkylation sites (N-methyl/N-ethyl adjacent to an activating group) is 1. The standard InChI is InChI=1S/C28H56NO7P/c1-6-8-9-10-11-12-13-14-15-16-17-18-19-20-23-33-25-27(36-28(30)21-7-2)26-35-37(31,32)34-24-22-29(3,4)5/h7,21,27H,6,8-20,22-26H2,1-5H3/t27-/m1/s1. The van der Waals surface area contributed by atoms with Gasteiger partial charge < -0.3 is 27.9 Å². The van der Waals surface area contributed by atoms with E-state index < -0.39 is 19.9 Å². The van der Waals surface area contributed by atoms with Gasteiger partial charge in [0.05, 0.1) is 34.4 Å². The summed E-state index contributed by atoms with van der Waals surface area (Å²) < 4.78 is 33.4. The Bertz CT molecular complexity index is 622. The van der Waals surface area contributed by atoms with Crippen LogP contribution in [0.25, 0.3) is 0 Å². The van der Waals surface area contributed by atoms with Gasteiger partial charge in [-0.25, -0.2) is 4.79 Å². The zero-order valence-electron chi connectivity index (χ0n) is 24.4. The fourth-order valence-corrected chi connectivity index (χ4v) is 4.44. The van der Waals surface area contributed by atoms with Crippen molar-refractivity contribution in [2.24, 2.45) is 0 Å². The first kappa shape index (κ1) is 36.2. The van der Waals surface area contributed by atoms with Crippen LogP contribution in [0.1, 0.15) is 104 Å². The van der Waals surface area contributed by atoms with Gasteiger partial charge in [-0.05, 0) is 13.3 Å². The molecule has 1 unspecified atom stereocenters. The Morgan fingerprint density at radius 3 is 1.81 bits per heavy atom. The number of nitrogens with zero attached hydrogens (tertiary/aromatic N) is 1. The third-order valence-corrected chi connectivity index (χ3v) is 6.93. The third kappa shape index (κ3) is 26.6. The van der Waals surface area contributed by atoms with Gasteiger partial charge in [-0.15, -0.1) is 0 Å². The first-order valence-corrected chi connectivity index (χ1v) is 15.9. The van der Waals surface area contributed by atoms with Gasteiger partial charge in [0.15, 0.2) is 0 Å². The Labute approximate surface area is 227 Å². The van der Waals surface area contributed by atoms with Crippen molar-refractivity contribution in [2.75, 3.05) is 54.1 Å². The molecule has 0 aromatic rings. The van der Waals surface area contributed by atoms with Crippen molar-refractivity contribution < 1.29 is 37.3 Å². The van der Waals surface area contributed by atoms with E-state index in [0.717, 1.165) is 12.8 Å². The van der Waals surface area contributed by atoms with Crippen LogP contribution >= 0.6 is 7.82 Å². The molecule has 0 spiro atoms. The van der Waals surface area contributed by atoms with Crippen molar-refractivity contribution >= 4 is 13.8 Å². The highest BCUT2D eigenvalue weighted by Gasteiger charge is 2.19. The van der Waals surface area contributed by atoms with Gasteiger partial charge in [0.1, 0.15) is 19.3 Å². The molecular weight excluding hydrogens is 493 g/mol. The lowest BCUT2D eigenvalue weighted by atomic mass is 10.0. The summed E-state index contributed by atoms with van der Waals surface area (Å²) in [4.78, 5) is 23.9. The molecule has 2 atom stereocenters. The molecule has 0 fully saturated rings. The van der Waals surface area contributed by atoms with E-state index in [0.29, 0.717) is 17.6 Å². The van der Waals surface area contributed by atoms with Crippen molar-refractivity contribution in [3.63, 3.8) is 0 Å². The van der Waals surface area contributed by atoms with Gasteiger partial charge in [-0.3, -0.25) is 4.57 Å². The van der Waals surface area contributed by atoms with Crippen LogP contribution in [0.5, 0.6) is 0 Å². The summed E-state index contributed by atoms with van der Waals surface area (Å²) >= 11 is 0. The number of hydrogen-bond acceptors (Lipinski definition) is 7. The van der Waals surface area contributed by atoms with E-state index in [4.69, 9.17) is 18.5 Å². The number of unbranched alkanes of at least 4 members (excludes halogenated alkanes) is 13. The predicted octanol–water partition coefficient (Wildman–Crippen LogP) is 6.18. The molecule has 0 aliphatic carbocycles. The Hall–Kier alpha value is -0.760. The van der Waals surface area contributed by atoms with Gasteiger partial charge in [-0.2, -0.15) is 0 Å². The molecule has 0 amide bonds. The second-order valence-corrected chi connectivity index (χ2v) is 12.2. The first-order valence-electron chi connectivity index (χ1n) is 14.4. The van der Waals surface area contributed by atoms with E-state index in [2.05, 4.69) is 6.92 Å². The van der Waals surface area contributed by atoms with Gasteiger partial charge in [0.25, 0.3) is 7.82 Å². The highest BCUT2D eigenvalue weighted by atomic mass is 31.2. The SMILES string of the molecule is CC=CC(=O)O[C@H](COCCCCCCCCCCCCCCCC)COP(=O)([O-])OCC[N+](C)(C)C. The monoisotopic (exact) mass is 549 g/mol. The average Bonchev–Trinajstić information content (AvgIpc) is 2.81. The van der Waals surface area contributed by atoms with Crippen LogP contribution < -0.4 is 4.89 Å². The second-order valence-electron chi connectivity index (χ2n) is 10.8. The molecule has 8 nitrogen and oxygen atoms in total. The van der Waals surface area contributed by atoms with Crippen LogP contribution in [0.4, 0.5) is 0 Å². The molecule has 0 aromatic heterocycles. The van der Waals surface area contributed by atoms with Crippen LogP contribution in [0.2, 0.25) is 0 Å².